The molecule has 1 atom stereocenters. The van der Waals surface area contributed by atoms with Crippen LogP contribution in [0.15, 0.2) is 30.3 Å². The van der Waals surface area contributed by atoms with Crippen LogP contribution >= 0.6 is 11.3 Å². The maximum atomic E-state index is 5.43. The molecule has 1 unspecified atom stereocenters. The SMILES string of the molecule is c1ccc(-c2nnc(NC3CCCN(CCN4CCOCC4)C3)s2)cc1. The molecule has 1 aromatic heterocycles. The van der Waals surface area contributed by atoms with Crippen molar-refractivity contribution in [1.82, 2.24) is 20.0 Å². The largest absolute Gasteiger partial charge is 0.379 e. The van der Waals surface area contributed by atoms with Crippen LogP contribution in [0.25, 0.3) is 10.6 Å². The van der Waals surface area contributed by atoms with Crippen molar-refractivity contribution in [3.63, 3.8) is 0 Å². The highest BCUT2D eigenvalue weighted by atomic mass is 32.1. The maximum Gasteiger partial charge on any atom is 0.206 e. The Morgan fingerprint density at radius 3 is 2.69 bits per heavy atom. The Labute approximate surface area is 159 Å². The zero-order valence-electron chi connectivity index (χ0n) is 15.1. The van der Waals surface area contributed by atoms with Crippen molar-refractivity contribution >= 4 is 16.5 Å². The first-order valence-electron chi connectivity index (χ1n) is 9.55. The number of benzene rings is 1. The van der Waals surface area contributed by atoms with E-state index in [0.717, 1.165) is 61.6 Å². The lowest BCUT2D eigenvalue weighted by molar-refractivity contribution is 0.0321. The third-order valence-electron chi connectivity index (χ3n) is 5.12. The molecule has 0 amide bonds. The van der Waals surface area contributed by atoms with Crippen molar-refractivity contribution in [3.8, 4) is 10.6 Å². The van der Waals surface area contributed by atoms with Crippen LogP contribution in [0.1, 0.15) is 12.8 Å². The topological polar surface area (TPSA) is 53.5 Å². The molecule has 4 rings (SSSR count). The van der Waals surface area contributed by atoms with Gasteiger partial charge in [-0.05, 0) is 19.4 Å². The molecule has 2 aliphatic heterocycles. The van der Waals surface area contributed by atoms with Gasteiger partial charge in [0.1, 0.15) is 5.01 Å². The number of likely N-dealkylation sites (tertiary alicyclic amines) is 1. The van der Waals surface area contributed by atoms with Crippen molar-refractivity contribution in [3.05, 3.63) is 30.3 Å². The molecule has 2 aliphatic rings. The standard InChI is InChI=1S/C19H27N5OS/c1-2-5-16(6-3-1)18-21-22-19(26-18)20-17-7-4-8-24(15-17)10-9-23-11-13-25-14-12-23/h1-3,5-6,17H,4,7-15H2,(H,20,22). The van der Waals surface area contributed by atoms with Crippen LogP contribution in [0.5, 0.6) is 0 Å². The van der Waals surface area contributed by atoms with Crippen LogP contribution in [0.3, 0.4) is 0 Å². The van der Waals surface area contributed by atoms with Gasteiger partial charge in [0.25, 0.3) is 0 Å². The number of morpholine rings is 1. The Balaban J connectivity index is 1.27. The zero-order chi connectivity index (χ0) is 17.6. The van der Waals surface area contributed by atoms with E-state index in [1.54, 1.807) is 11.3 Å². The molecule has 0 aliphatic carbocycles. The van der Waals surface area contributed by atoms with Gasteiger partial charge in [0.2, 0.25) is 5.13 Å². The Bertz CT molecular complexity index is 674. The second-order valence-electron chi connectivity index (χ2n) is 7.02. The predicted molar refractivity (Wildman–Crippen MR) is 106 cm³/mol. The summed E-state index contributed by atoms with van der Waals surface area (Å²) in [4.78, 5) is 5.09. The van der Waals surface area contributed by atoms with Crippen LogP contribution < -0.4 is 5.32 Å². The molecule has 0 saturated carbocycles. The average Bonchev–Trinajstić information content (AvgIpc) is 3.17. The second kappa shape index (κ2) is 8.90. The fraction of sp³-hybridized carbons (Fsp3) is 0.579. The quantitative estimate of drug-likeness (QED) is 0.839. The number of aromatic nitrogens is 2. The van der Waals surface area contributed by atoms with Crippen molar-refractivity contribution in [1.29, 1.82) is 0 Å². The Morgan fingerprint density at radius 1 is 1.04 bits per heavy atom. The lowest BCUT2D eigenvalue weighted by Crippen LogP contribution is -2.46. The number of hydrogen-bond acceptors (Lipinski definition) is 7. The lowest BCUT2D eigenvalue weighted by Gasteiger charge is -2.35. The van der Waals surface area contributed by atoms with Crippen LogP contribution in [0.2, 0.25) is 0 Å². The van der Waals surface area contributed by atoms with Gasteiger partial charge in [0, 0.05) is 44.3 Å². The number of nitrogens with one attached hydrogen (secondary N) is 1. The highest BCUT2D eigenvalue weighted by molar-refractivity contribution is 7.18. The number of piperidine rings is 1. The summed E-state index contributed by atoms with van der Waals surface area (Å²) in [5.41, 5.74) is 1.13. The van der Waals surface area contributed by atoms with E-state index in [9.17, 15) is 0 Å². The van der Waals surface area contributed by atoms with E-state index in [2.05, 4.69) is 37.4 Å². The third-order valence-corrected chi connectivity index (χ3v) is 6.02. The molecule has 2 fully saturated rings. The normalized spacial score (nSPS) is 22.4. The number of ether oxygens (including phenoxy) is 1. The lowest BCUT2D eigenvalue weighted by atomic mass is 10.1. The summed E-state index contributed by atoms with van der Waals surface area (Å²) in [6, 6.07) is 10.7. The van der Waals surface area contributed by atoms with E-state index in [1.165, 1.54) is 19.4 Å². The average molecular weight is 374 g/mol. The minimum Gasteiger partial charge on any atom is -0.379 e. The number of anilines is 1. The van der Waals surface area contributed by atoms with Crippen molar-refractivity contribution in [2.45, 2.75) is 18.9 Å². The molecule has 140 valence electrons. The molecular weight excluding hydrogens is 346 g/mol. The van der Waals surface area contributed by atoms with Gasteiger partial charge in [-0.15, -0.1) is 10.2 Å². The molecule has 26 heavy (non-hydrogen) atoms. The van der Waals surface area contributed by atoms with Crippen LogP contribution in [0.4, 0.5) is 5.13 Å². The Kier molecular flexibility index (Phi) is 6.11. The van der Waals surface area contributed by atoms with Gasteiger partial charge < -0.3 is 15.0 Å². The number of nitrogens with zero attached hydrogens (tertiary/aromatic N) is 4. The first kappa shape index (κ1) is 17.9. The smallest absolute Gasteiger partial charge is 0.206 e. The summed E-state index contributed by atoms with van der Waals surface area (Å²) in [7, 11) is 0. The van der Waals surface area contributed by atoms with E-state index >= 15 is 0 Å². The van der Waals surface area contributed by atoms with Gasteiger partial charge in [-0.3, -0.25) is 4.90 Å². The van der Waals surface area contributed by atoms with E-state index in [1.807, 2.05) is 18.2 Å². The Morgan fingerprint density at radius 2 is 1.85 bits per heavy atom. The summed E-state index contributed by atoms with van der Waals surface area (Å²) >= 11 is 1.64. The van der Waals surface area contributed by atoms with Crippen molar-refractivity contribution < 1.29 is 4.74 Å². The molecule has 2 aromatic rings. The van der Waals surface area contributed by atoms with Crippen molar-refractivity contribution in [2.24, 2.45) is 0 Å². The maximum absolute atomic E-state index is 5.43. The van der Waals surface area contributed by atoms with E-state index < -0.39 is 0 Å². The van der Waals surface area contributed by atoms with E-state index in [-0.39, 0.29) is 0 Å². The summed E-state index contributed by atoms with van der Waals surface area (Å²) < 4.78 is 5.43. The molecule has 7 heteroatoms. The molecular formula is C19H27N5OS. The van der Waals surface area contributed by atoms with Gasteiger partial charge in [-0.2, -0.15) is 0 Å². The first-order valence-corrected chi connectivity index (χ1v) is 10.4. The first-order chi connectivity index (χ1) is 12.9. The highest BCUT2D eigenvalue weighted by Gasteiger charge is 2.22. The summed E-state index contributed by atoms with van der Waals surface area (Å²) in [6.07, 6.45) is 2.44. The van der Waals surface area contributed by atoms with Crippen molar-refractivity contribution in [2.75, 3.05) is 57.8 Å². The number of hydrogen-bond donors (Lipinski definition) is 1. The highest BCUT2D eigenvalue weighted by Crippen LogP contribution is 2.27. The molecule has 1 N–H and O–H groups in total. The molecule has 1 aromatic carbocycles. The second-order valence-corrected chi connectivity index (χ2v) is 7.99. The van der Waals surface area contributed by atoms with Gasteiger partial charge in [-0.25, -0.2) is 0 Å². The van der Waals surface area contributed by atoms with Crippen LogP contribution in [-0.2, 0) is 4.74 Å². The summed E-state index contributed by atoms with van der Waals surface area (Å²) in [6.45, 7) is 8.48. The molecule has 3 heterocycles. The predicted octanol–water partition coefficient (Wildman–Crippen LogP) is 2.41. The van der Waals surface area contributed by atoms with E-state index in [0.29, 0.717) is 6.04 Å². The molecule has 6 nitrogen and oxygen atoms in total. The fourth-order valence-electron chi connectivity index (χ4n) is 3.64. The molecule has 2 saturated heterocycles. The number of rotatable bonds is 6. The monoisotopic (exact) mass is 373 g/mol. The van der Waals surface area contributed by atoms with Gasteiger partial charge in [0.15, 0.2) is 0 Å². The van der Waals surface area contributed by atoms with E-state index in [4.69, 9.17) is 4.74 Å². The zero-order valence-corrected chi connectivity index (χ0v) is 16.0. The fourth-order valence-corrected chi connectivity index (χ4v) is 4.46. The third kappa shape index (κ3) is 4.79. The summed E-state index contributed by atoms with van der Waals surface area (Å²) in [5.74, 6) is 0. The Hall–Kier alpha value is -1.54. The van der Waals surface area contributed by atoms with Gasteiger partial charge in [-0.1, -0.05) is 41.7 Å². The van der Waals surface area contributed by atoms with Crippen LogP contribution in [-0.4, -0.2) is 78.5 Å². The van der Waals surface area contributed by atoms with Gasteiger partial charge in [0.05, 0.1) is 13.2 Å². The van der Waals surface area contributed by atoms with Gasteiger partial charge >= 0.3 is 0 Å². The molecule has 0 bridgehead atoms. The molecule has 0 radical (unpaired) electrons. The molecule has 0 spiro atoms. The minimum absolute atomic E-state index is 0.463. The van der Waals surface area contributed by atoms with Crippen LogP contribution in [0, 0.1) is 0 Å². The minimum atomic E-state index is 0.463. The summed E-state index contributed by atoms with van der Waals surface area (Å²) in [5, 5.41) is 14.2.